The first-order valence-electron chi connectivity index (χ1n) is 9.10. The van der Waals surface area contributed by atoms with Crippen molar-refractivity contribution in [3.63, 3.8) is 0 Å². The Balaban J connectivity index is 1.87. The molecule has 0 aliphatic heterocycles. The highest BCUT2D eigenvalue weighted by atomic mass is 16.1. The van der Waals surface area contributed by atoms with Gasteiger partial charge in [-0.1, -0.05) is 67.6 Å². The van der Waals surface area contributed by atoms with Crippen LogP contribution >= 0.6 is 0 Å². The molecule has 27 heavy (non-hydrogen) atoms. The van der Waals surface area contributed by atoms with Gasteiger partial charge < -0.3 is 0 Å². The van der Waals surface area contributed by atoms with Gasteiger partial charge >= 0.3 is 0 Å². The van der Waals surface area contributed by atoms with Crippen LogP contribution in [0.3, 0.4) is 0 Å². The molecule has 0 unspecified atom stereocenters. The van der Waals surface area contributed by atoms with Gasteiger partial charge in [0.2, 0.25) is 0 Å². The van der Waals surface area contributed by atoms with Crippen molar-refractivity contribution in [3.8, 4) is 5.69 Å². The molecule has 0 saturated carbocycles. The normalized spacial score (nSPS) is 11.3. The van der Waals surface area contributed by atoms with Crippen LogP contribution in [0.1, 0.15) is 23.9 Å². The summed E-state index contributed by atoms with van der Waals surface area (Å²) in [5.41, 5.74) is 3.83. The highest BCUT2D eigenvalue weighted by molar-refractivity contribution is 5.80. The maximum atomic E-state index is 13.1. The minimum Gasteiger partial charge on any atom is -0.268 e. The zero-order valence-corrected chi connectivity index (χ0v) is 15.2. The van der Waals surface area contributed by atoms with E-state index in [1.807, 2.05) is 66.7 Å². The third-order valence-corrected chi connectivity index (χ3v) is 4.63. The first-order chi connectivity index (χ1) is 13.3. The number of aryl methyl sites for hydroxylation is 1. The number of aromatic nitrogens is 2. The first kappa shape index (κ1) is 17.0. The van der Waals surface area contributed by atoms with Crippen LogP contribution in [0.2, 0.25) is 0 Å². The highest BCUT2D eigenvalue weighted by Gasteiger charge is 2.10. The molecule has 1 heterocycles. The predicted molar refractivity (Wildman–Crippen MR) is 112 cm³/mol. The van der Waals surface area contributed by atoms with Gasteiger partial charge in [-0.3, -0.25) is 9.36 Å². The predicted octanol–water partition coefficient (Wildman–Crippen LogP) is 5.12. The van der Waals surface area contributed by atoms with Gasteiger partial charge in [-0.05, 0) is 47.9 Å². The fourth-order valence-electron chi connectivity index (χ4n) is 3.12. The quantitative estimate of drug-likeness (QED) is 0.511. The number of nitrogens with zero attached hydrogens (tertiary/aromatic N) is 2. The standard InChI is InChI=1S/C24H20N2O/c1-2-18-12-14-19(15-13-18)16-17-23-25-22-11-7-6-10-21(22)24(27)26(23)20-8-4-3-5-9-20/h3-17H,2H2,1H3. The van der Waals surface area contributed by atoms with Gasteiger partial charge in [-0.25, -0.2) is 4.98 Å². The largest absolute Gasteiger partial charge is 0.268 e. The molecule has 4 rings (SSSR count). The minimum atomic E-state index is -0.0622. The van der Waals surface area contributed by atoms with Gasteiger partial charge in [-0.15, -0.1) is 0 Å². The molecular weight excluding hydrogens is 332 g/mol. The summed E-state index contributed by atoms with van der Waals surface area (Å²) in [6.45, 7) is 2.14. The van der Waals surface area contributed by atoms with Crippen molar-refractivity contribution in [1.29, 1.82) is 0 Å². The zero-order chi connectivity index (χ0) is 18.6. The lowest BCUT2D eigenvalue weighted by Gasteiger charge is -2.11. The monoisotopic (exact) mass is 352 g/mol. The Morgan fingerprint density at radius 3 is 2.30 bits per heavy atom. The average Bonchev–Trinajstić information content (AvgIpc) is 2.73. The number of para-hydroxylation sites is 2. The van der Waals surface area contributed by atoms with Gasteiger partial charge in [0.25, 0.3) is 5.56 Å². The summed E-state index contributed by atoms with van der Waals surface area (Å²) in [4.78, 5) is 17.9. The Morgan fingerprint density at radius 2 is 1.56 bits per heavy atom. The SMILES string of the molecule is CCc1ccc(C=Cc2nc3ccccc3c(=O)n2-c2ccccc2)cc1. The van der Waals surface area contributed by atoms with E-state index in [-0.39, 0.29) is 5.56 Å². The van der Waals surface area contributed by atoms with E-state index in [4.69, 9.17) is 4.98 Å². The van der Waals surface area contributed by atoms with Crippen LogP contribution in [0.25, 0.3) is 28.7 Å². The maximum absolute atomic E-state index is 13.1. The van der Waals surface area contributed by atoms with Crippen LogP contribution < -0.4 is 5.56 Å². The lowest BCUT2D eigenvalue weighted by Crippen LogP contribution is -2.22. The molecule has 0 fully saturated rings. The lowest BCUT2D eigenvalue weighted by molar-refractivity contribution is 0.944. The van der Waals surface area contributed by atoms with E-state index in [1.54, 1.807) is 4.57 Å². The fraction of sp³-hybridized carbons (Fsp3) is 0.0833. The topological polar surface area (TPSA) is 34.9 Å². The van der Waals surface area contributed by atoms with Gasteiger partial charge in [0.15, 0.2) is 0 Å². The minimum absolute atomic E-state index is 0.0622. The molecule has 0 atom stereocenters. The van der Waals surface area contributed by atoms with Crippen LogP contribution in [-0.2, 0) is 6.42 Å². The van der Waals surface area contributed by atoms with Crippen molar-refractivity contribution in [2.75, 3.05) is 0 Å². The highest BCUT2D eigenvalue weighted by Crippen LogP contribution is 2.15. The lowest BCUT2D eigenvalue weighted by atomic mass is 10.1. The molecule has 3 heteroatoms. The third kappa shape index (κ3) is 3.44. The number of hydrogen-bond acceptors (Lipinski definition) is 2. The summed E-state index contributed by atoms with van der Waals surface area (Å²) in [6.07, 6.45) is 4.92. The van der Waals surface area contributed by atoms with E-state index in [9.17, 15) is 4.79 Å². The van der Waals surface area contributed by atoms with Crippen molar-refractivity contribution >= 4 is 23.1 Å². The molecule has 3 aromatic carbocycles. The van der Waals surface area contributed by atoms with E-state index in [0.717, 1.165) is 17.7 Å². The van der Waals surface area contributed by atoms with E-state index >= 15 is 0 Å². The second-order valence-electron chi connectivity index (χ2n) is 6.39. The second kappa shape index (κ2) is 7.42. The molecule has 0 bridgehead atoms. The molecule has 4 aromatic rings. The molecule has 0 aliphatic carbocycles. The second-order valence-corrected chi connectivity index (χ2v) is 6.39. The summed E-state index contributed by atoms with van der Waals surface area (Å²) in [6, 6.07) is 25.5. The Hall–Kier alpha value is -3.46. The fourth-order valence-corrected chi connectivity index (χ4v) is 3.12. The molecule has 0 amide bonds. The van der Waals surface area contributed by atoms with E-state index < -0.39 is 0 Å². The van der Waals surface area contributed by atoms with Crippen LogP contribution in [0, 0.1) is 0 Å². The Bertz CT molecular complexity index is 1160. The molecule has 0 radical (unpaired) electrons. The smallest absolute Gasteiger partial charge is 0.266 e. The number of rotatable bonds is 4. The van der Waals surface area contributed by atoms with Gasteiger partial charge in [0.1, 0.15) is 5.82 Å². The molecule has 132 valence electrons. The maximum Gasteiger partial charge on any atom is 0.266 e. The molecule has 1 aromatic heterocycles. The number of fused-ring (bicyclic) bond motifs is 1. The van der Waals surface area contributed by atoms with E-state index in [0.29, 0.717) is 16.7 Å². The molecule has 0 aliphatic rings. The Kier molecular flexibility index (Phi) is 4.67. The Labute approximate surface area is 158 Å². The van der Waals surface area contributed by atoms with Crippen LogP contribution in [0.5, 0.6) is 0 Å². The van der Waals surface area contributed by atoms with Crippen molar-refractivity contribution in [3.05, 3.63) is 106 Å². The summed E-state index contributed by atoms with van der Waals surface area (Å²) in [5, 5.41) is 0.616. The van der Waals surface area contributed by atoms with E-state index in [1.165, 1.54) is 5.56 Å². The van der Waals surface area contributed by atoms with E-state index in [2.05, 4.69) is 31.2 Å². The summed E-state index contributed by atoms with van der Waals surface area (Å²) >= 11 is 0. The zero-order valence-electron chi connectivity index (χ0n) is 15.2. The van der Waals surface area contributed by atoms with Crippen molar-refractivity contribution in [1.82, 2.24) is 9.55 Å². The van der Waals surface area contributed by atoms with Gasteiger partial charge in [0, 0.05) is 0 Å². The molecule has 3 nitrogen and oxygen atoms in total. The van der Waals surface area contributed by atoms with Crippen LogP contribution in [0.4, 0.5) is 0 Å². The van der Waals surface area contributed by atoms with Crippen LogP contribution in [-0.4, -0.2) is 9.55 Å². The number of hydrogen-bond donors (Lipinski definition) is 0. The number of benzene rings is 3. The summed E-state index contributed by atoms with van der Waals surface area (Å²) in [5.74, 6) is 0.615. The summed E-state index contributed by atoms with van der Waals surface area (Å²) < 4.78 is 1.67. The van der Waals surface area contributed by atoms with Gasteiger partial charge in [-0.2, -0.15) is 0 Å². The summed E-state index contributed by atoms with van der Waals surface area (Å²) in [7, 11) is 0. The van der Waals surface area contributed by atoms with Crippen molar-refractivity contribution in [2.45, 2.75) is 13.3 Å². The van der Waals surface area contributed by atoms with Gasteiger partial charge in [0.05, 0.1) is 16.6 Å². The molecular formula is C24H20N2O. The first-order valence-corrected chi connectivity index (χ1v) is 9.10. The van der Waals surface area contributed by atoms with Crippen molar-refractivity contribution < 1.29 is 0 Å². The third-order valence-electron chi connectivity index (χ3n) is 4.63. The van der Waals surface area contributed by atoms with Crippen LogP contribution in [0.15, 0.2) is 83.7 Å². The molecule has 0 saturated heterocycles. The molecule has 0 spiro atoms. The Morgan fingerprint density at radius 1 is 0.852 bits per heavy atom. The average molecular weight is 352 g/mol. The van der Waals surface area contributed by atoms with Crippen molar-refractivity contribution in [2.24, 2.45) is 0 Å². The molecule has 0 N–H and O–H groups in total.